The van der Waals surface area contributed by atoms with E-state index in [9.17, 15) is 8.42 Å². The maximum absolute atomic E-state index is 12.5. The predicted molar refractivity (Wildman–Crippen MR) is 76.8 cm³/mol. The van der Waals surface area contributed by atoms with Crippen LogP contribution in [0.2, 0.25) is 0 Å². The molecule has 1 unspecified atom stereocenters. The monoisotopic (exact) mass is 299 g/mol. The van der Waals surface area contributed by atoms with Gasteiger partial charge in [-0.3, -0.25) is 4.98 Å². The Labute approximate surface area is 120 Å². The van der Waals surface area contributed by atoms with E-state index < -0.39 is 10.0 Å². The first kappa shape index (κ1) is 15.4. The molecule has 2 rings (SSSR count). The fourth-order valence-electron chi connectivity index (χ4n) is 2.38. The van der Waals surface area contributed by atoms with Crippen LogP contribution in [0, 0.1) is 0 Å². The second-order valence-electron chi connectivity index (χ2n) is 4.78. The highest BCUT2D eigenvalue weighted by Crippen LogP contribution is 2.24. The van der Waals surface area contributed by atoms with Gasteiger partial charge in [0.2, 0.25) is 10.0 Å². The normalized spacial score (nSPS) is 20.9. The van der Waals surface area contributed by atoms with Crippen LogP contribution in [0.3, 0.4) is 0 Å². The highest BCUT2D eigenvalue weighted by molar-refractivity contribution is 7.89. The van der Waals surface area contributed by atoms with E-state index in [0.717, 1.165) is 5.56 Å². The number of ether oxygens (including phenoxy) is 1. The molecule has 1 saturated heterocycles. The number of piperazine rings is 1. The Kier molecular flexibility index (Phi) is 5.47. The molecule has 1 N–H and O–H groups in total. The summed E-state index contributed by atoms with van der Waals surface area (Å²) in [6.45, 7) is 2.26. The quantitative estimate of drug-likeness (QED) is 0.770. The first-order valence-electron chi connectivity index (χ1n) is 6.74. The van der Waals surface area contributed by atoms with E-state index in [1.165, 1.54) is 0 Å². The zero-order valence-electron chi connectivity index (χ0n) is 11.7. The Morgan fingerprint density at radius 1 is 1.55 bits per heavy atom. The zero-order valence-corrected chi connectivity index (χ0v) is 12.5. The van der Waals surface area contributed by atoms with Crippen molar-refractivity contribution in [2.45, 2.75) is 12.5 Å². The van der Waals surface area contributed by atoms with Gasteiger partial charge in [-0.2, -0.15) is 4.31 Å². The molecule has 1 aromatic rings. The molecule has 1 aliphatic rings. The smallest absolute Gasteiger partial charge is 0.214 e. The second-order valence-corrected chi connectivity index (χ2v) is 6.82. The van der Waals surface area contributed by atoms with E-state index in [1.807, 2.05) is 12.1 Å². The van der Waals surface area contributed by atoms with Gasteiger partial charge in [0.25, 0.3) is 0 Å². The molecule has 0 bridgehead atoms. The molecule has 1 atom stereocenters. The summed E-state index contributed by atoms with van der Waals surface area (Å²) in [5, 5.41) is 3.24. The van der Waals surface area contributed by atoms with Gasteiger partial charge in [0.05, 0.1) is 11.8 Å². The van der Waals surface area contributed by atoms with Gasteiger partial charge in [-0.25, -0.2) is 8.42 Å². The van der Waals surface area contributed by atoms with Gasteiger partial charge in [0, 0.05) is 45.7 Å². The lowest BCUT2D eigenvalue weighted by molar-refractivity contribution is 0.198. The standard InChI is InChI=1S/C13H21N3O3S/c1-19-8-3-9-20(17,18)16-7-6-15-11-13(16)12-4-2-5-14-10-12/h2,4-5,10,13,15H,3,6-9,11H2,1H3. The molecule has 0 spiro atoms. The average molecular weight is 299 g/mol. The summed E-state index contributed by atoms with van der Waals surface area (Å²) in [5.41, 5.74) is 0.926. The van der Waals surface area contributed by atoms with Crippen molar-refractivity contribution in [3.63, 3.8) is 0 Å². The largest absolute Gasteiger partial charge is 0.385 e. The van der Waals surface area contributed by atoms with Crippen LogP contribution in [0.5, 0.6) is 0 Å². The van der Waals surface area contributed by atoms with E-state index in [-0.39, 0.29) is 11.8 Å². The van der Waals surface area contributed by atoms with Gasteiger partial charge in [-0.15, -0.1) is 0 Å². The third-order valence-electron chi connectivity index (χ3n) is 3.37. The van der Waals surface area contributed by atoms with Gasteiger partial charge in [-0.1, -0.05) is 6.07 Å². The lowest BCUT2D eigenvalue weighted by Crippen LogP contribution is -2.49. The van der Waals surface area contributed by atoms with E-state index in [2.05, 4.69) is 10.3 Å². The third-order valence-corrected chi connectivity index (χ3v) is 5.33. The maximum atomic E-state index is 12.5. The Balaban J connectivity index is 2.14. The van der Waals surface area contributed by atoms with Crippen molar-refractivity contribution in [3.05, 3.63) is 30.1 Å². The fourth-order valence-corrected chi connectivity index (χ4v) is 4.05. The molecule has 20 heavy (non-hydrogen) atoms. The minimum Gasteiger partial charge on any atom is -0.385 e. The molecule has 6 nitrogen and oxygen atoms in total. The number of rotatable bonds is 6. The number of hydrogen-bond donors (Lipinski definition) is 1. The zero-order chi connectivity index (χ0) is 14.4. The molecular formula is C13H21N3O3S. The highest BCUT2D eigenvalue weighted by Gasteiger charge is 2.32. The number of sulfonamides is 1. The molecular weight excluding hydrogens is 278 g/mol. The topological polar surface area (TPSA) is 71.5 Å². The van der Waals surface area contributed by atoms with Crippen LogP contribution in [0.1, 0.15) is 18.0 Å². The molecule has 112 valence electrons. The second kappa shape index (κ2) is 7.12. The Morgan fingerprint density at radius 3 is 3.10 bits per heavy atom. The fraction of sp³-hybridized carbons (Fsp3) is 0.615. The Morgan fingerprint density at radius 2 is 2.40 bits per heavy atom. The molecule has 1 aliphatic heterocycles. The van der Waals surface area contributed by atoms with Crippen LogP contribution >= 0.6 is 0 Å². The van der Waals surface area contributed by atoms with Crippen molar-refractivity contribution in [2.75, 3.05) is 39.1 Å². The van der Waals surface area contributed by atoms with Crippen molar-refractivity contribution in [2.24, 2.45) is 0 Å². The van der Waals surface area contributed by atoms with Crippen LogP contribution in [0.4, 0.5) is 0 Å². The van der Waals surface area contributed by atoms with Gasteiger partial charge in [0.1, 0.15) is 0 Å². The van der Waals surface area contributed by atoms with Crippen molar-refractivity contribution >= 4 is 10.0 Å². The number of methoxy groups -OCH3 is 1. The molecule has 0 saturated carbocycles. The first-order chi connectivity index (χ1) is 9.65. The van der Waals surface area contributed by atoms with Crippen molar-refractivity contribution in [1.29, 1.82) is 0 Å². The summed E-state index contributed by atoms with van der Waals surface area (Å²) in [4.78, 5) is 4.08. The van der Waals surface area contributed by atoms with E-state index in [1.54, 1.807) is 23.8 Å². The number of nitrogens with one attached hydrogen (secondary N) is 1. The average Bonchev–Trinajstić information content (AvgIpc) is 2.48. The number of aromatic nitrogens is 1. The van der Waals surface area contributed by atoms with Crippen LogP contribution in [-0.2, 0) is 14.8 Å². The van der Waals surface area contributed by atoms with Crippen LogP contribution < -0.4 is 5.32 Å². The summed E-state index contributed by atoms with van der Waals surface area (Å²) in [6, 6.07) is 3.58. The maximum Gasteiger partial charge on any atom is 0.214 e. The molecule has 0 radical (unpaired) electrons. The summed E-state index contributed by atoms with van der Waals surface area (Å²) < 4.78 is 31.5. The minimum atomic E-state index is -3.27. The summed E-state index contributed by atoms with van der Waals surface area (Å²) in [7, 11) is -1.69. The van der Waals surface area contributed by atoms with E-state index >= 15 is 0 Å². The van der Waals surface area contributed by atoms with E-state index in [0.29, 0.717) is 32.7 Å². The molecule has 0 aliphatic carbocycles. The lowest BCUT2D eigenvalue weighted by atomic mass is 10.1. The van der Waals surface area contributed by atoms with Crippen LogP contribution in [-0.4, -0.2) is 56.8 Å². The summed E-state index contributed by atoms with van der Waals surface area (Å²) >= 11 is 0. The first-order valence-corrected chi connectivity index (χ1v) is 8.35. The van der Waals surface area contributed by atoms with Crippen LogP contribution in [0.15, 0.2) is 24.5 Å². The molecule has 0 aromatic carbocycles. The molecule has 2 heterocycles. The number of pyridine rings is 1. The van der Waals surface area contributed by atoms with Crippen molar-refractivity contribution in [1.82, 2.24) is 14.6 Å². The number of nitrogens with zero attached hydrogens (tertiary/aromatic N) is 2. The van der Waals surface area contributed by atoms with Gasteiger partial charge in [0.15, 0.2) is 0 Å². The van der Waals surface area contributed by atoms with Gasteiger partial charge >= 0.3 is 0 Å². The van der Waals surface area contributed by atoms with Crippen molar-refractivity contribution < 1.29 is 13.2 Å². The minimum absolute atomic E-state index is 0.123. The summed E-state index contributed by atoms with van der Waals surface area (Å²) in [6.07, 6.45) is 3.94. The van der Waals surface area contributed by atoms with E-state index in [4.69, 9.17) is 4.74 Å². The Bertz CT molecular complexity index is 507. The predicted octanol–water partition coefficient (Wildman–Crippen LogP) is 0.394. The molecule has 1 fully saturated rings. The SMILES string of the molecule is COCCCS(=O)(=O)N1CCNCC1c1cccnc1. The van der Waals surface area contributed by atoms with Crippen LogP contribution in [0.25, 0.3) is 0 Å². The lowest BCUT2D eigenvalue weighted by Gasteiger charge is -2.35. The number of hydrogen-bond acceptors (Lipinski definition) is 5. The third kappa shape index (κ3) is 3.76. The molecule has 7 heteroatoms. The van der Waals surface area contributed by atoms with Gasteiger partial charge in [-0.05, 0) is 18.1 Å². The molecule has 0 amide bonds. The Hall–Kier alpha value is -1.02. The van der Waals surface area contributed by atoms with Gasteiger partial charge < -0.3 is 10.1 Å². The van der Waals surface area contributed by atoms with Crippen molar-refractivity contribution in [3.8, 4) is 0 Å². The summed E-state index contributed by atoms with van der Waals surface area (Å²) in [5.74, 6) is 0.123. The highest BCUT2D eigenvalue weighted by atomic mass is 32.2. The molecule has 1 aromatic heterocycles.